The number of carbonyl (C=O) groups excluding carboxylic acids is 1. The molecule has 110 valence electrons. The summed E-state index contributed by atoms with van der Waals surface area (Å²) in [7, 11) is 0. The van der Waals surface area contributed by atoms with Gasteiger partial charge in [-0.05, 0) is 33.6 Å². The van der Waals surface area contributed by atoms with Gasteiger partial charge in [0.05, 0.1) is 5.54 Å². The Labute approximate surface area is 117 Å². The Kier molecular flexibility index (Phi) is 4.21. The van der Waals surface area contributed by atoms with Crippen molar-refractivity contribution >= 4 is 5.91 Å². The van der Waals surface area contributed by atoms with Crippen LogP contribution in [0.5, 0.6) is 0 Å². The largest absolute Gasteiger partial charge is 0.339 e. The quantitative estimate of drug-likeness (QED) is 0.785. The van der Waals surface area contributed by atoms with Crippen molar-refractivity contribution in [3.8, 4) is 0 Å². The fraction of sp³-hybridized carbons (Fsp3) is 0.933. The average Bonchev–Trinajstić information content (AvgIpc) is 2.38. The molecule has 4 nitrogen and oxygen atoms in total. The van der Waals surface area contributed by atoms with E-state index in [4.69, 9.17) is 5.73 Å². The minimum atomic E-state index is -0.567. The van der Waals surface area contributed by atoms with Crippen LogP contribution in [0.25, 0.3) is 0 Å². The minimum Gasteiger partial charge on any atom is -0.339 e. The van der Waals surface area contributed by atoms with Gasteiger partial charge < -0.3 is 10.6 Å². The van der Waals surface area contributed by atoms with Gasteiger partial charge in [0.15, 0.2) is 0 Å². The Morgan fingerprint density at radius 3 is 2.00 bits per heavy atom. The molecule has 0 bridgehead atoms. The van der Waals surface area contributed by atoms with Crippen LogP contribution < -0.4 is 5.73 Å². The summed E-state index contributed by atoms with van der Waals surface area (Å²) in [6.45, 7) is 10.3. The Morgan fingerprint density at radius 1 is 1.00 bits per heavy atom. The van der Waals surface area contributed by atoms with Gasteiger partial charge in [-0.25, -0.2) is 0 Å². The third-order valence-corrected chi connectivity index (χ3v) is 4.69. The summed E-state index contributed by atoms with van der Waals surface area (Å²) in [4.78, 5) is 17.1. The molecule has 1 heterocycles. The molecular formula is C15H29N3O. The van der Waals surface area contributed by atoms with E-state index in [0.29, 0.717) is 0 Å². The van der Waals surface area contributed by atoms with E-state index in [1.165, 1.54) is 6.42 Å². The highest BCUT2D eigenvalue weighted by molar-refractivity contribution is 5.86. The number of nitrogens with zero attached hydrogens (tertiary/aromatic N) is 2. The number of hydrogen-bond donors (Lipinski definition) is 1. The second-order valence-electron chi connectivity index (χ2n) is 7.17. The normalized spacial score (nSPS) is 25.4. The molecule has 1 aliphatic heterocycles. The maximum atomic E-state index is 12.6. The second-order valence-corrected chi connectivity index (χ2v) is 7.17. The van der Waals surface area contributed by atoms with Crippen LogP contribution in [0, 0.1) is 0 Å². The number of piperazine rings is 1. The molecule has 19 heavy (non-hydrogen) atoms. The summed E-state index contributed by atoms with van der Waals surface area (Å²) < 4.78 is 0. The van der Waals surface area contributed by atoms with Gasteiger partial charge in [0.1, 0.15) is 0 Å². The molecule has 2 fully saturated rings. The highest BCUT2D eigenvalue weighted by Crippen LogP contribution is 2.28. The molecule has 0 spiro atoms. The molecule has 0 radical (unpaired) electrons. The Bertz CT molecular complexity index is 321. The molecule has 2 aliphatic rings. The van der Waals surface area contributed by atoms with Gasteiger partial charge in [-0.3, -0.25) is 9.69 Å². The number of nitrogens with two attached hydrogens (primary N) is 1. The van der Waals surface area contributed by atoms with Crippen LogP contribution in [-0.4, -0.2) is 53.0 Å². The van der Waals surface area contributed by atoms with Crippen LogP contribution in [0.15, 0.2) is 0 Å². The first-order valence-corrected chi connectivity index (χ1v) is 7.66. The maximum absolute atomic E-state index is 12.6. The summed E-state index contributed by atoms with van der Waals surface area (Å²) in [6.07, 6.45) is 5.16. The van der Waals surface area contributed by atoms with Crippen molar-refractivity contribution < 1.29 is 4.79 Å². The number of hydrogen-bond acceptors (Lipinski definition) is 3. The van der Waals surface area contributed by atoms with E-state index in [-0.39, 0.29) is 11.4 Å². The molecule has 0 atom stereocenters. The molecule has 4 heteroatoms. The van der Waals surface area contributed by atoms with E-state index in [0.717, 1.165) is 51.9 Å². The summed E-state index contributed by atoms with van der Waals surface area (Å²) in [5, 5.41) is 0. The Hall–Kier alpha value is -0.610. The van der Waals surface area contributed by atoms with Crippen molar-refractivity contribution in [1.82, 2.24) is 9.80 Å². The highest BCUT2D eigenvalue weighted by atomic mass is 16.2. The molecule has 2 rings (SSSR count). The van der Waals surface area contributed by atoms with Gasteiger partial charge in [-0.15, -0.1) is 0 Å². The molecule has 1 amide bonds. The zero-order chi connectivity index (χ0) is 14.1. The highest BCUT2D eigenvalue weighted by Gasteiger charge is 2.39. The van der Waals surface area contributed by atoms with E-state index in [1.54, 1.807) is 0 Å². The standard InChI is InChI=1S/C15H29N3O/c1-14(2,3)18-11-9-17(10-12-18)13(19)15(16)7-5-4-6-8-15/h4-12,16H2,1-3H3. The zero-order valence-electron chi connectivity index (χ0n) is 12.7. The van der Waals surface area contributed by atoms with E-state index in [2.05, 4.69) is 25.7 Å². The van der Waals surface area contributed by atoms with E-state index in [9.17, 15) is 4.79 Å². The van der Waals surface area contributed by atoms with E-state index >= 15 is 0 Å². The van der Waals surface area contributed by atoms with E-state index < -0.39 is 5.54 Å². The summed E-state index contributed by atoms with van der Waals surface area (Å²) in [6, 6.07) is 0. The fourth-order valence-corrected chi connectivity index (χ4v) is 3.29. The van der Waals surface area contributed by atoms with Gasteiger partial charge in [0, 0.05) is 31.7 Å². The van der Waals surface area contributed by atoms with Crippen molar-refractivity contribution in [2.24, 2.45) is 5.73 Å². The Morgan fingerprint density at radius 2 is 1.53 bits per heavy atom. The van der Waals surface area contributed by atoms with Crippen molar-refractivity contribution in [3.63, 3.8) is 0 Å². The van der Waals surface area contributed by atoms with Gasteiger partial charge in [0.25, 0.3) is 0 Å². The third-order valence-electron chi connectivity index (χ3n) is 4.69. The lowest BCUT2D eigenvalue weighted by atomic mass is 9.81. The molecule has 2 N–H and O–H groups in total. The van der Waals surface area contributed by atoms with Crippen molar-refractivity contribution in [3.05, 3.63) is 0 Å². The summed E-state index contributed by atoms with van der Waals surface area (Å²) >= 11 is 0. The van der Waals surface area contributed by atoms with Crippen molar-refractivity contribution in [2.45, 2.75) is 64.0 Å². The van der Waals surface area contributed by atoms with Crippen LogP contribution in [0.1, 0.15) is 52.9 Å². The van der Waals surface area contributed by atoms with Gasteiger partial charge in [-0.1, -0.05) is 19.3 Å². The monoisotopic (exact) mass is 267 g/mol. The molecular weight excluding hydrogens is 238 g/mol. The van der Waals surface area contributed by atoms with Crippen molar-refractivity contribution in [2.75, 3.05) is 26.2 Å². The zero-order valence-corrected chi connectivity index (χ0v) is 12.7. The first-order chi connectivity index (χ1) is 8.83. The fourth-order valence-electron chi connectivity index (χ4n) is 3.29. The molecule has 1 aliphatic carbocycles. The summed E-state index contributed by atoms with van der Waals surface area (Å²) in [5.74, 6) is 0.195. The predicted molar refractivity (Wildman–Crippen MR) is 77.9 cm³/mol. The lowest BCUT2D eigenvalue weighted by Crippen LogP contribution is -2.61. The second kappa shape index (κ2) is 5.41. The van der Waals surface area contributed by atoms with Gasteiger partial charge >= 0.3 is 0 Å². The lowest BCUT2D eigenvalue weighted by molar-refractivity contribution is -0.140. The first kappa shape index (κ1) is 14.8. The van der Waals surface area contributed by atoms with E-state index in [1.807, 2.05) is 4.90 Å². The molecule has 0 aromatic heterocycles. The molecule has 0 unspecified atom stereocenters. The molecule has 1 saturated carbocycles. The van der Waals surface area contributed by atoms with Gasteiger partial charge in [0.2, 0.25) is 5.91 Å². The smallest absolute Gasteiger partial charge is 0.242 e. The van der Waals surface area contributed by atoms with Crippen LogP contribution in [-0.2, 0) is 4.79 Å². The number of rotatable bonds is 1. The third kappa shape index (κ3) is 3.29. The van der Waals surface area contributed by atoms with Crippen LogP contribution >= 0.6 is 0 Å². The van der Waals surface area contributed by atoms with Gasteiger partial charge in [-0.2, -0.15) is 0 Å². The first-order valence-electron chi connectivity index (χ1n) is 7.66. The van der Waals surface area contributed by atoms with Crippen LogP contribution in [0.4, 0.5) is 0 Å². The van der Waals surface area contributed by atoms with Crippen molar-refractivity contribution in [1.29, 1.82) is 0 Å². The lowest BCUT2D eigenvalue weighted by Gasteiger charge is -2.45. The topological polar surface area (TPSA) is 49.6 Å². The predicted octanol–water partition coefficient (Wildman–Crippen LogP) is 1.59. The minimum absolute atomic E-state index is 0.195. The molecule has 1 saturated heterocycles. The van der Waals surface area contributed by atoms with Crippen LogP contribution in [0.2, 0.25) is 0 Å². The molecule has 0 aromatic rings. The SMILES string of the molecule is CC(C)(C)N1CCN(C(=O)C2(N)CCCCC2)CC1. The summed E-state index contributed by atoms with van der Waals surface area (Å²) in [5.41, 5.74) is 5.98. The average molecular weight is 267 g/mol. The molecule has 0 aromatic carbocycles. The Balaban J connectivity index is 1.92. The van der Waals surface area contributed by atoms with Crippen LogP contribution in [0.3, 0.4) is 0 Å². The maximum Gasteiger partial charge on any atom is 0.242 e. The number of amides is 1. The number of carbonyl (C=O) groups is 1.